The van der Waals surface area contributed by atoms with Gasteiger partial charge >= 0.3 is 0 Å². The predicted octanol–water partition coefficient (Wildman–Crippen LogP) is 4.68. The van der Waals surface area contributed by atoms with E-state index in [1.54, 1.807) is 6.08 Å². The summed E-state index contributed by atoms with van der Waals surface area (Å²) < 4.78 is 13.7. The van der Waals surface area contributed by atoms with Crippen LogP contribution in [0.15, 0.2) is 53.9 Å². The first-order valence-corrected chi connectivity index (χ1v) is 5.69. The Balaban J connectivity index is 2.72. The van der Waals surface area contributed by atoms with Crippen LogP contribution in [0.4, 0.5) is 4.39 Å². The Labute approximate surface area is 97.5 Å². The van der Waals surface area contributed by atoms with E-state index in [1.165, 1.54) is 0 Å². The largest absolute Gasteiger partial charge is 0.211 e. The number of benzene rings is 1. The summed E-state index contributed by atoms with van der Waals surface area (Å²) >= 11 is 0. The average molecular weight is 218 g/mol. The van der Waals surface area contributed by atoms with Crippen molar-refractivity contribution in [3.05, 3.63) is 59.4 Å². The van der Waals surface area contributed by atoms with Crippen molar-refractivity contribution >= 4 is 0 Å². The molecule has 1 aromatic rings. The molecular formula is C15H19F. The molecule has 0 nitrogen and oxygen atoms in total. The van der Waals surface area contributed by atoms with Gasteiger partial charge in [-0.3, -0.25) is 0 Å². The van der Waals surface area contributed by atoms with E-state index in [0.717, 1.165) is 11.1 Å². The van der Waals surface area contributed by atoms with E-state index < -0.39 is 0 Å². The molecule has 0 amide bonds. The van der Waals surface area contributed by atoms with Crippen molar-refractivity contribution in [3.63, 3.8) is 0 Å². The molecule has 0 aromatic heterocycles. The van der Waals surface area contributed by atoms with Crippen molar-refractivity contribution in [2.24, 2.45) is 5.92 Å². The zero-order valence-corrected chi connectivity index (χ0v) is 10.2. The molecule has 0 aliphatic carbocycles. The van der Waals surface area contributed by atoms with Crippen molar-refractivity contribution in [1.29, 1.82) is 0 Å². The van der Waals surface area contributed by atoms with Gasteiger partial charge < -0.3 is 0 Å². The molecule has 86 valence electrons. The molecule has 0 unspecified atom stereocenters. The fourth-order valence-corrected chi connectivity index (χ4v) is 1.61. The van der Waals surface area contributed by atoms with Crippen molar-refractivity contribution in [3.8, 4) is 0 Å². The van der Waals surface area contributed by atoms with Crippen LogP contribution in [0.25, 0.3) is 0 Å². The molecule has 1 aromatic carbocycles. The lowest BCUT2D eigenvalue weighted by Gasteiger charge is -2.06. The molecule has 0 spiro atoms. The molecule has 0 aliphatic heterocycles. The van der Waals surface area contributed by atoms with Crippen LogP contribution >= 0.6 is 0 Å². The highest BCUT2D eigenvalue weighted by Gasteiger charge is 2.02. The van der Waals surface area contributed by atoms with Gasteiger partial charge in [0.25, 0.3) is 0 Å². The number of hydrogen-bond acceptors (Lipinski definition) is 0. The second-order valence-corrected chi connectivity index (χ2v) is 4.20. The van der Waals surface area contributed by atoms with Gasteiger partial charge in [-0.1, -0.05) is 50.3 Å². The number of allylic oxidation sites excluding steroid dienone is 4. The predicted molar refractivity (Wildman–Crippen MR) is 67.9 cm³/mol. The topological polar surface area (TPSA) is 0 Å². The minimum atomic E-state index is -0.0759. The van der Waals surface area contributed by atoms with E-state index in [4.69, 9.17) is 0 Å². The second-order valence-electron chi connectivity index (χ2n) is 4.20. The maximum Gasteiger partial charge on any atom is 0.105 e. The summed E-state index contributed by atoms with van der Waals surface area (Å²) in [5, 5.41) is 0. The first-order valence-electron chi connectivity index (χ1n) is 5.69. The van der Waals surface area contributed by atoms with E-state index in [0.29, 0.717) is 12.3 Å². The van der Waals surface area contributed by atoms with E-state index in [1.807, 2.05) is 43.3 Å². The Morgan fingerprint density at radius 3 is 2.38 bits per heavy atom. The minimum Gasteiger partial charge on any atom is -0.211 e. The summed E-state index contributed by atoms with van der Waals surface area (Å²) in [6.07, 6.45) is 4.00. The standard InChI is InChI=1S/C15H19F/c1-4-14(12(2)3)11-15(16)10-13-8-6-5-7-9-13/h4-9,11-12H,10H2,1-3H3/b14-4+,15-11+. The van der Waals surface area contributed by atoms with Crippen molar-refractivity contribution in [2.45, 2.75) is 27.2 Å². The Bertz CT molecular complexity index is 372. The third-order valence-electron chi connectivity index (χ3n) is 2.54. The van der Waals surface area contributed by atoms with Crippen molar-refractivity contribution in [2.75, 3.05) is 0 Å². The Hall–Kier alpha value is -1.37. The van der Waals surface area contributed by atoms with Gasteiger partial charge in [0.2, 0.25) is 0 Å². The highest BCUT2D eigenvalue weighted by Crippen LogP contribution is 2.16. The highest BCUT2D eigenvalue weighted by atomic mass is 19.1. The Morgan fingerprint density at radius 2 is 1.88 bits per heavy atom. The van der Waals surface area contributed by atoms with Crippen molar-refractivity contribution < 1.29 is 4.39 Å². The first kappa shape index (κ1) is 12.7. The molecule has 0 saturated carbocycles. The van der Waals surface area contributed by atoms with Gasteiger partial charge in [0.15, 0.2) is 0 Å². The smallest absolute Gasteiger partial charge is 0.105 e. The molecular weight excluding hydrogens is 199 g/mol. The van der Waals surface area contributed by atoms with Crippen LogP contribution in [0.3, 0.4) is 0 Å². The maximum atomic E-state index is 13.7. The minimum absolute atomic E-state index is 0.0759. The second kappa shape index (κ2) is 6.26. The molecule has 0 atom stereocenters. The van der Waals surface area contributed by atoms with Gasteiger partial charge in [-0.15, -0.1) is 0 Å². The molecule has 1 heteroatoms. The zero-order valence-electron chi connectivity index (χ0n) is 10.2. The van der Waals surface area contributed by atoms with Gasteiger partial charge in [-0.2, -0.15) is 0 Å². The Kier molecular flexibility index (Phi) is 4.97. The summed E-state index contributed by atoms with van der Waals surface area (Å²) in [6, 6.07) is 9.69. The SMILES string of the molecule is C/C=C(\C=C(\F)Cc1ccccc1)C(C)C. The van der Waals surface area contributed by atoms with Gasteiger partial charge in [-0.25, -0.2) is 4.39 Å². The summed E-state index contributed by atoms with van der Waals surface area (Å²) in [6.45, 7) is 6.09. The van der Waals surface area contributed by atoms with E-state index in [2.05, 4.69) is 13.8 Å². The Morgan fingerprint density at radius 1 is 1.25 bits per heavy atom. The quantitative estimate of drug-likeness (QED) is 0.643. The van der Waals surface area contributed by atoms with Crippen LogP contribution in [0.5, 0.6) is 0 Å². The van der Waals surface area contributed by atoms with Gasteiger partial charge in [0.05, 0.1) is 0 Å². The molecule has 16 heavy (non-hydrogen) atoms. The molecule has 0 radical (unpaired) electrons. The summed E-state index contributed by atoms with van der Waals surface area (Å²) in [7, 11) is 0. The van der Waals surface area contributed by atoms with Crippen LogP contribution in [-0.2, 0) is 6.42 Å². The highest BCUT2D eigenvalue weighted by molar-refractivity contribution is 5.26. The zero-order chi connectivity index (χ0) is 12.0. The molecule has 0 saturated heterocycles. The molecule has 0 aliphatic rings. The third kappa shape index (κ3) is 4.01. The van der Waals surface area contributed by atoms with E-state index in [9.17, 15) is 4.39 Å². The van der Waals surface area contributed by atoms with Gasteiger partial charge in [-0.05, 0) is 30.1 Å². The van der Waals surface area contributed by atoms with Crippen LogP contribution in [0.1, 0.15) is 26.3 Å². The summed E-state index contributed by atoms with van der Waals surface area (Å²) in [4.78, 5) is 0. The van der Waals surface area contributed by atoms with Crippen LogP contribution in [0, 0.1) is 5.92 Å². The van der Waals surface area contributed by atoms with Crippen LogP contribution in [0.2, 0.25) is 0 Å². The summed E-state index contributed by atoms with van der Waals surface area (Å²) in [5.41, 5.74) is 2.06. The van der Waals surface area contributed by atoms with E-state index >= 15 is 0 Å². The molecule has 0 bridgehead atoms. The monoisotopic (exact) mass is 218 g/mol. The van der Waals surface area contributed by atoms with Crippen molar-refractivity contribution in [1.82, 2.24) is 0 Å². The fraction of sp³-hybridized carbons (Fsp3) is 0.333. The lowest BCUT2D eigenvalue weighted by molar-refractivity contribution is 0.607. The van der Waals surface area contributed by atoms with Gasteiger partial charge in [0.1, 0.15) is 5.83 Å². The third-order valence-corrected chi connectivity index (χ3v) is 2.54. The fourth-order valence-electron chi connectivity index (χ4n) is 1.61. The molecule has 0 N–H and O–H groups in total. The van der Waals surface area contributed by atoms with Crippen LogP contribution in [-0.4, -0.2) is 0 Å². The molecule has 0 heterocycles. The number of hydrogen-bond donors (Lipinski definition) is 0. The summed E-state index contributed by atoms with van der Waals surface area (Å²) in [5.74, 6) is 0.291. The van der Waals surface area contributed by atoms with E-state index in [-0.39, 0.29) is 5.83 Å². The van der Waals surface area contributed by atoms with Gasteiger partial charge in [0, 0.05) is 6.42 Å². The lowest BCUT2D eigenvalue weighted by atomic mass is 10.0. The number of halogens is 1. The number of rotatable bonds is 4. The lowest BCUT2D eigenvalue weighted by Crippen LogP contribution is -1.92. The maximum absolute atomic E-state index is 13.7. The van der Waals surface area contributed by atoms with Crippen LogP contribution < -0.4 is 0 Å². The molecule has 0 fully saturated rings. The first-order chi connectivity index (χ1) is 7.63. The normalized spacial score (nSPS) is 13.3. The molecule has 1 rings (SSSR count). The average Bonchev–Trinajstić information content (AvgIpc) is 2.27.